The van der Waals surface area contributed by atoms with Gasteiger partial charge in [-0.05, 0) is 12.8 Å². The van der Waals surface area contributed by atoms with Crippen molar-refractivity contribution >= 4 is 5.69 Å². The van der Waals surface area contributed by atoms with Crippen molar-refractivity contribution in [2.75, 3.05) is 6.54 Å². The maximum Gasteiger partial charge on any atom is 0.306 e. The lowest BCUT2D eigenvalue weighted by atomic mass is 10.1. The summed E-state index contributed by atoms with van der Waals surface area (Å²) in [5, 5.41) is 27.8. The van der Waals surface area contributed by atoms with Crippen LogP contribution in [-0.4, -0.2) is 38.5 Å². The number of aromatic nitrogens is 2. The van der Waals surface area contributed by atoms with Crippen molar-refractivity contribution in [2.45, 2.75) is 64.6 Å². The molecule has 2 unspecified atom stereocenters. The van der Waals surface area contributed by atoms with E-state index in [9.17, 15) is 15.2 Å². The van der Waals surface area contributed by atoms with Crippen molar-refractivity contribution in [3.8, 4) is 0 Å². The Morgan fingerprint density at radius 2 is 2.19 bits per heavy atom. The van der Waals surface area contributed by atoms with Crippen LogP contribution in [-0.2, 0) is 6.54 Å². The number of unbranched alkanes of at least 4 members (excludes halogenated alkanes) is 1. The average molecular weight is 298 g/mol. The minimum Gasteiger partial charge on any atom is -0.390 e. The predicted molar refractivity (Wildman–Crippen MR) is 81.1 cm³/mol. The summed E-state index contributed by atoms with van der Waals surface area (Å²) in [6, 6.07) is 0.427. The smallest absolute Gasteiger partial charge is 0.306 e. The van der Waals surface area contributed by atoms with Crippen LogP contribution < -0.4 is 5.32 Å². The Morgan fingerprint density at radius 3 is 2.76 bits per heavy atom. The number of aliphatic hydroxyl groups is 1. The summed E-state index contributed by atoms with van der Waals surface area (Å²) >= 11 is 0. The van der Waals surface area contributed by atoms with Gasteiger partial charge in [0.2, 0.25) is 0 Å². The van der Waals surface area contributed by atoms with Crippen molar-refractivity contribution in [3.63, 3.8) is 0 Å². The van der Waals surface area contributed by atoms with Gasteiger partial charge in [0, 0.05) is 12.6 Å². The fraction of sp³-hybridized carbons (Fsp3) is 0.786. The summed E-state index contributed by atoms with van der Waals surface area (Å²) in [5.41, 5.74) is -0.0537. The monoisotopic (exact) mass is 298 g/mol. The fourth-order valence-electron chi connectivity index (χ4n) is 2.28. The highest BCUT2D eigenvalue weighted by atomic mass is 16.6. The molecule has 1 aromatic rings. The molecule has 1 rings (SSSR count). The molecule has 0 amide bonds. The quantitative estimate of drug-likeness (QED) is 0.482. The lowest BCUT2D eigenvalue weighted by Crippen LogP contribution is -2.37. The second-order valence-electron chi connectivity index (χ2n) is 5.37. The van der Waals surface area contributed by atoms with E-state index in [4.69, 9.17) is 0 Å². The molecule has 0 bridgehead atoms. The molecule has 0 aromatic carbocycles. The Labute approximate surface area is 125 Å². The highest BCUT2D eigenvalue weighted by Crippen LogP contribution is 2.09. The van der Waals surface area contributed by atoms with E-state index in [2.05, 4.69) is 24.3 Å². The molecular weight excluding hydrogens is 272 g/mol. The van der Waals surface area contributed by atoms with Gasteiger partial charge in [-0.3, -0.25) is 14.8 Å². The Balaban J connectivity index is 2.36. The van der Waals surface area contributed by atoms with Crippen LogP contribution in [0.1, 0.15) is 46.0 Å². The molecule has 0 radical (unpaired) electrons. The standard InChI is InChI=1S/C14H26N4O3/c1-3-5-7-12(6-4-2)15-9-14(19)11-17-10-13(8-16-17)18(20)21/h8,10,12,14-15,19H,3-7,9,11H2,1-2H3. The van der Waals surface area contributed by atoms with E-state index in [0.29, 0.717) is 12.6 Å². The summed E-state index contributed by atoms with van der Waals surface area (Å²) in [5.74, 6) is 0. The first kappa shape index (κ1) is 17.6. The van der Waals surface area contributed by atoms with Gasteiger partial charge in [-0.1, -0.05) is 33.1 Å². The fourth-order valence-corrected chi connectivity index (χ4v) is 2.28. The van der Waals surface area contributed by atoms with Gasteiger partial charge in [0.15, 0.2) is 0 Å². The molecule has 2 atom stereocenters. The van der Waals surface area contributed by atoms with E-state index in [1.807, 2.05) is 0 Å². The van der Waals surface area contributed by atoms with Gasteiger partial charge in [-0.25, -0.2) is 0 Å². The number of hydrogen-bond donors (Lipinski definition) is 2. The van der Waals surface area contributed by atoms with E-state index < -0.39 is 11.0 Å². The van der Waals surface area contributed by atoms with E-state index in [1.165, 1.54) is 29.9 Å². The van der Waals surface area contributed by atoms with E-state index in [0.717, 1.165) is 19.3 Å². The Morgan fingerprint density at radius 1 is 1.43 bits per heavy atom. The van der Waals surface area contributed by atoms with Crippen LogP contribution in [0.4, 0.5) is 5.69 Å². The van der Waals surface area contributed by atoms with Gasteiger partial charge in [0.1, 0.15) is 12.4 Å². The molecule has 0 aliphatic carbocycles. The summed E-state index contributed by atoms with van der Waals surface area (Å²) in [4.78, 5) is 10.1. The van der Waals surface area contributed by atoms with Crippen LogP contribution in [0.25, 0.3) is 0 Å². The molecule has 7 nitrogen and oxygen atoms in total. The molecule has 2 N–H and O–H groups in total. The average Bonchev–Trinajstić information content (AvgIpc) is 2.90. The van der Waals surface area contributed by atoms with Crippen LogP contribution in [0.3, 0.4) is 0 Å². The van der Waals surface area contributed by atoms with Crippen molar-refractivity contribution in [1.29, 1.82) is 0 Å². The topological polar surface area (TPSA) is 93.2 Å². The molecule has 1 heterocycles. The summed E-state index contributed by atoms with van der Waals surface area (Å²) < 4.78 is 1.41. The van der Waals surface area contributed by atoms with Crippen LogP contribution in [0, 0.1) is 10.1 Å². The summed E-state index contributed by atoms with van der Waals surface area (Å²) in [7, 11) is 0. The predicted octanol–water partition coefficient (Wildman–Crippen LogP) is 2.10. The maximum atomic E-state index is 10.6. The lowest BCUT2D eigenvalue weighted by Gasteiger charge is -2.20. The summed E-state index contributed by atoms with van der Waals surface area (Å²) in [6.07, 6.45) is 7.60. The molecular formula is C14H26N4O3. The number of aliphatic hydroxyl groups excluding tert-OH is 1. The highest BCUT2D eigenvalue weighted by molar-refractivity contribution is 5.20. The first-order valence-electron chi connectivity index (χ1n) is 7.65. The van der Waals surface area contributed by atoms with Crippen LogP contribution in [0.5, 0.6) is 0 Å². The SMILES string of the molecule is CCCCC(CCC)NCC(O)Cn1cc([N+](=O)[O-])cn1. The lowest BCUT2D eigenvalue weighted by molar-refractivity contribution is -0.385. The number of nitro groups is 1. The van der Waals surface area contributed by atoms with Crippen LogP contribution >= 0.6 is 0 Å². The first-order valence-corrected chi connectivity index (χ1v) is 7.65. The van der Waals surface area contributed by atoms with Gasteiger partial charge < -0.3 is 10.4 Å². The molecule has 21 heavy (non-hydrogen) atoms. The molecule has 1 aromatic heterocycles. The second kappa shape index (κ2) is 9.46. The number of nitrogens with zero attached hydrogens (tertiary/aromatic N) is 3. The molecule has 0 aliphatic heterocycles. The third kappa shape index (κ3) is 6.68. The zero-order chi connectivity index (χ0) is 15.7. The largest absolute Gasteiger partial charge is 0.390 e. The minimum atomic E-state index is -0.606. The number of nitrogens with one attached hydrogen (secondary N) is 1. The zero-order valence-corrected chi connectivity index (χ0v) is 12.9. The molecule has 0 aliphatic rings. The zero-order valence-electron chi connectivity index (χ0n) is 12.9. The Hall–Kier alpha value is -1.47. The van der Waals surface area contributed by atoms with Gasteiger partial charge in [-0.15, -0.1) is 0 Å². The third-order valence-electron chi connectivity index (χ3n) is 3.41. The van der Waals surface area contributed by atoms with E-state index in [1.54, 1.807) is 0 Å². The molecule has 120 valence electrons. The van der Waals surface area contributed by atoms with Crippen molar-refractivity contribution < 1.29 is 10.0 Å². The van der Waals surface area contributed by atoms with Gasteiger partial charge >= 0.3 is 5.69 Å². The molecule has 0 saturated heterocycles. The second-order valence-corrected chi connectivity index (χ2v) is 5.37. The van der Waals surface area contributed by atoms with E-state index >= 15 is 0 Å². The van der Waals surface area contributed by atoms with Gasteiger partial charge in [-0.2, -0.15) is 5.10 Å². The van der Waals surface area contributed by atoms with Crippen LogP contribution in [0.2, 0.25) is 0 Å². The minimum absolute atomic E-state index is 0.0537. The normalized spacial score (nSPS) is 14.0. The van der Waals surface area contributed by atoms with Gasteiger partial charge in [0.25, 0.3) is 0 Å². The molecule has 7 heteroatoms. The third-order valence-corrected chi connectivity index (χ3v) is 3.41. The van der Waals surface area contributed by atoms with Gasteiger partial charge in [0.05, 0.1) is 17.6 Å². The summed E-state index contributed by atoms with van der Waals surface area (Å²) in [6.45, 7) is 5.05. The molecule has 0 fully saturated rings. The first-order chi connectivity index (χ1) is 10.1. The van der Waals surface area contributed by atoms with E-state index in [-0.39, 0.29) is 12.2 Å². The van der Waals surface area contributed by atoms with Crippen molar-refractivity contribution in [3.05, 3.63) is 22.5 Å². The molecule has 0 spiro atoms. The number of hydrogen-bond acceptors (Lipinski definition) is 5. The van der Waals surface area contributed by atoms with Crippen LogP contribution in [0.15, 0.2) is 12.4 Å². The maximum absolute atomic E-state index is 10.6. The highest BCUT2D eigenvalue weighted by Gasteiger charge is 2.13. The Bertz CT molecular complexity index is 422. The van der Waals surface area contributed by atoms with Crippen molar-refractivity contribution in [1.82, 2.24) is 15.1 Å². The van der Waals surface area contributed by atoms with Crippen molar-refractivity contribution in [2.24, 2.45) is 0 Å². The molecule has 0 saturated carbocycles. The Kier molecular flexibility index (Phi) is 7.92. The number of rotatable bonds is 11.